The number of hydrogen-bond acceptors (Lipinski definition) is 4. The molecule has 1 aliphatic rings. The average Bonchev–Trinajstić information content (AvgIpc) is 3.07. The van der Waals surface area contributed by atoms with Crippen molar-refractivity contribution < 1.29 is 13.2 Å². The van der Waals surface area contributed by atoms with E-state index in [1.165, 1.54) is 12.3 Å². The van der Waals surface area contributed by atoms with E-state index in [-0.39, 0.29) is 16.4 Å². The minimum absolute atomic E-state index is 0.00862. The molecule has 1 aliphatic heterocycles. The number of nitrogens with zero attached hydrogens (tertiary/aromatic N) is 3. The zero-order valence-electron chi connectivity index (χ0n) is 12.0. The van der Waals surface area contributed by atoms with E-state index in [9.17, 15) is 13.2 Å². The summed E-state index contributed by atoms with van der Waals surface area (Å²) in [7, 11) is -3.78. The van der Waals surface area contributed by atoms with Crippen molar-refractivity contribution in [2.75, 3.05) is 0 Å². The minimum Gasteiger partial charge on any atom is -0.305 e. The van der Waals surface area contributed by atoms with Crippen molar-refractivity contribution in [3.8, 4) is 0 Å². The zero-order chi connectivity index (χ0) is 16.9. The summed E-state index contributed by atoms with van der Waals surface area (Å²) < 4.78 is 29.2. The van der Waals surface area contributed by atoms with E-state index in [0.29, 0.717) is 16.2 Å². The number of halogens is 1. The van der Waals surface area contributed by atoms with Crippen LogP contribution in [0.15, 0.2) is 58.1 Å². The van der Waals surface area contributed by atoms with Gasteiger partial charge in [0.25, 0.3) is 15.9 Å². The van der Waals surface area contributed by atoms with Gasteiger partial charge in [0.2, 0.25) is 0 Å². The molecular weight excluding hydrogens is 352 g/mol. The van der Waals surface area contributed by atoms with Crippen molar-refractivity contribution in [1.82, 2.24) is 14.7 Å². The second kappa shape index (κ2) is 5.15. The van der Waals surface area contributed by atoms with Crippen LogP contribution in [0.5, 0.6) is 0 Å². The van der Waals surface area contributed by atoms with Crippen LogP contribution in [0.25, 0.3) is 5.65 Å². The summed E-state index contributed by atoms with van der Waals surface area (Å²) in [5.74, 6) is -0.564. The molecule has 3 heterocycles. The quantitative estimate of drug-likeness (QED) is 0.717. The summed E-state index contributed by atoms with van der Waals surface area (Å²) >= 11 is 5.90. The van der Waals surface area contributed by atoms with Gasteiger partial charge in [0.15, 0.2) is 5.84 Å². The predicted octanol–water partition coefficient (Wildman–Crippen LogP) is 1.87. The van der Waals surface area contributed by atoms with Gasteiger partial charge in [-0.1, -0.05) is 23.7 Å². The Kier molecular flexibility index (Phi) is 3.19. The van der Waals surface area contributed by atoms with Crippen molar-refractivity contribution in [3.05, 3.63) is 65.1 Å². The number of hydrogen-bond donors (Lipinski definition) is 1. The monoisotopic (exact) mass is 360 g/mol. The number of pyridine rings is 1. The van der Waals surface area contributed by atoms with Gasteiger partial charge in [-0.05, 0) is 24.3 Å². The lowest BCUT2D eigenvalue weighted by atomic mass is 10.2. The first-order valence-electron chi connectivity index (χ1n) is 6.84. The zero-order valence-corrected chi connectivity index (χ0v) is 13.5. The Balaban J connectivity index is 1.69. The lowest BCUT2D eigenvalue weighted by molar-refractivity contribution is 0.0973. The maximum atomic E-state index is 12.4. The van der Waals surface area contributed by atoms with Crippen molar-refractivity contribution in [1.29, 1.82) is 0 Å². The average molecular weight is 361 g/mol. The molecule has 7 nitrogen and oxygen atoms in total. The van der Waals surface area contributed by atoms with E-state index in [1.807, 2.05) is 0 Å². The lowest BCUT2D eigenvalue weighted by Gasteiger charge is -2.02. The number of imidazole rings is 1. The summed E-state index contributed by atoms with van der Waals surface area (Å²) in [6, 6.07) is 9.64. The van der Waals surface area contributed by atoms with E-state index < -0.39 is 15.9 Å². The Morgan fingerprint density at radius 1 is 1.12 bits per heavy atom. The molecule has 0 radical (unpaired) electrons. The first-order chi connectivity index (χ1) is 11.4. The Morgan fingerprint density at radius 3 is 2.75 bits per heavy atom. The van der Waals surface area contributed by atoms with Gasteiger partial charge in [0, 0.05) is 18.0 Å². The number of carbonyl (C=O) groups excluding carboxylic acids is 1. The largest absolute Gasteiger partial charge is 0.305 e. The van der Waals surface area contributed by atoms with Gasteiger partial charge < -0.3 is 9.72 Å². The molecule has 2 aromatic heterocycles. The van der Waals surface area contributed by atoms with E-state index >= 15 is 0 Å². The molecule has 0 saturated carbocycles. The number of amides is 1. The van der Waals surface area contributed by atoms with E-state index in [1.54, 1.807) is 40.9 Å². The van der Waals surface area contributed by atoms with Crippen LogP contribution in [0.4, 0.5) is 0 Å². The molecule has 0 atom stereocenters. The number of amidine groups is 1. The topological polar surface area (TPSA) is 92.9 Å². The third kappa shape index (κ3) is 2.36. The normalized spacial score (nSPS) is 15.1. The van der Waals surface area contributed by atoms with Gasteiger partial charge in [-0.15, -0.1) is 4.40 Å². The molecule has 0 saturated heterocycles. The first kappa shape index (κ1) is 14.9. The Bertz CT molecular complexity index is 1130. The van der Waals surface area contributed by atoms with Crippen LogP contribution >= 0.6 is 11.6 Å². The van der Waals surface area contributed by atoms with Crippen molar-refractivity contribution in [3.63, 3.8) is 0 Å². The number of sulfonamides is 1. The smallest absolute Gasteiger partial charge is 0.285 e. The molecule has 1 N–H and O–H groups in total. The van der Waals surface area contributed by atoms with Crippen molar-refractivity contribution in [2.45, 2.75) is 4.90 Å². The summed E-state index contributed by atoms with van der Waals surface area (Å²) in [5.41, 5.74) is 1.03. The Morgan fingerprint density at radius 2 is 1.92 bits per heavy atom. The third-order valence-electron chi connectivity index (χ3n) is 3.51. The van der Waals surface area contributed by atoms with Crippen LogP contribution in [0.3, 0.4) is 0 Å². The number of benzene rings is 1. The number of carbonyl (C=O) groups is 1. The predicted molar refractivity (Wildman–Crippen MR) is 87.8 cm³/mol. The molecule has 0 fully saturated rings. The lowest BCUT2D eigenvalue weighted by Crippen LogP contribution is -2.30. The van der Waals surface area contributed by atoms with Crippen LogP contribution in [-0.2, 0) is 10.0 Å². The molecule has 0 unspecified atom stereocenters. The molecule has 1 aromatic carbocycles. The van der Waals surface area contributed by atoms with Crippen molar-refractivity contribution >= 4 is 39.0 Å². The molecule has 120 valence electrons. The van der Waals surface area contributed by atoms with Gasteiger partial charge in [0.05, 0.1) is 5.02 Å². The van der Waals surface area contributed by atoms with Crippen LogP contribution in [0.1, 0.15) is 16.1 Å². The third-order valence-corrected chi connectivity index (χ3v) is 5.07. The number of aromatic nitrogens is 2. The van der Waals surface area contributed by atoms with Gasteiger partial charge in [0.1, 0.15) is 16.2 Å². The second-order valence-electron chi connectivity index (χ2n) is 5.10. The molecule has 4 rings (SSSR count). The van der Waals surface area contributed by atoms with Crippen LogP contribution in [0.2, 0.25) is 5.02 Å². The highest BCUT2D eigenvalue weighted by Crippen LogP contribution is 2.25. The number of fused-ring (bicyclic) bond motifs is 2. The fraction of sp³-hybridized carbons (Fsp3) is 0. The maximum absolute atomic E-state index is 12.4. The number of nitrogens with one attached hydrogen (secondary N) is 1. The second-order valence-corrected chi connectivity index (χ2v) is 7.11. The summed E-state index contributed by atoms with van der Waals surface area (Å²) in [6.07, 6.45) is 3.12. The molecule has 24 heavy (non-hydrogen) atoms. The molecule has 0 spiro atoms. The molecule has 3 aromatic rings. The maximum Gasteiger partial charge on any atom is 0.285 e. The Hall–Kier alpha value is -2.71. The van der Waals surface area contributed by atoms with E-state index in [0.717, 1.165) is 0 Å². The summed E-state index contributed by atoms with van der Waals surface area (Å²) in [5, 5.41) is 3.01. The highest BCUT2D eigenvalue weighted by molar-refractivity contribution is 7.90. The van der Waals surface area contributed by atoms with E-state index in [4.69, 9.17) is 11.6 Å². The van der Waals surface area contributed by atoms with Gasteiger partial charge in [-0.2, -0.15) is 8.42 Å². The molecule has 0 bridgehead atoms. The number of rotatable bonds is 1. The standard InChI is InChI=1S/C15H9ClN4O3S/c16-9-5-6-13-17-11(8-20(13)7-9)15(21)18-14-10-3-1-2-4-12(10)24(22,23)19-14/h1-8H,(H,18,19,21). The van der Waals surface area contributed by atoms with Gasteiger partial charge in [-0.3, -0.25) is 4.79 Å². The fourth-order valence-electron chi connectivity index (χ4n) is 2.44. The van der Waals surface area contributed by atoms with Crippen LogP contribution < -0.4 is 5.32 Å². The highest BCUT2D eigenvalue weighted by atomic mass is 35.5. The van der Waals surface area contributed by atoms with Crippen LogP contribution in [-0.4, -0.2) is 29.5 Å². The highest BCUT2D eigenvalue weighted by Gasteiger charge is 2.29. The Labute approximate surface area is 141 Å². The van der Waals surface area contributed by atoms with Crippen LogP contribution in [0, 0.1) is 0 Å². The molecule has 9 heteroatoms. The van der Waals surface area contributed by atoms with Crippen molar-refractivity contribution in [2.24, 2.45) is 4.40 Å². The first-order valence-corrected chi connectivity index (χ1v) is 8.66. The molecule has 1 amide bonds. The molecular formula is C15H9ClN4O3S. The fourth-order valence-corrected chi connectivity index (χ4v) is 3.79. The minimum atomic E-state index is -3.78. The van der Waals surface area contributed by atoms with Gasteiger partial charge in [-0.25, -0.2) is 4.98 Å². The summed E-state index contributed by atoms with van der Waals surface area (Å²) in [4.78, 5) is 16.6. The SMILES string of the molecule is O=C(NC1=NS(=O)(=O)c2ccccc21)c1cn2cc(Cl)ccc2n1. The summed E-state index contributed by atoms with van der Waals surface area (Å²) in [6.45, 7) is 0. The van der Waals surface area contributed by atoms with E-state index in [2.05, 4.69) is 14.7 Å². The molecule has 0 aliphatic carbocycles. The van der Waals surface area contributed by atoms with Gasteiger partial charge >= 0.3 is 0 Å².